The van der Waals surface area contributed by atoms with Crippen LogP contribution in [0.4, 0.5) is 0 Å². The maximum Gasteiger partial charge on any atom is 0.308 e. The van der Waals surface area contributed by atoms with Crippen LogP contribution in [0.15, 0.2) is 42.5 Å². The van der Waals surface area contributed by atoms with Crippen LogP contribution < -0.4 is 4.74 Å². The summed E-state index contributed by atoms with van der Waals surface area (Å²) >= 11 is 6.13. The Bertz CT molecular complexity index is 852. The number of benzene rings is 2. The molecule has 0 aromatic heterocycles. The summed E-state index contributed by atoms with van der Waals surface area (Å²) < 4.78 is 5.98. The molecular weight excluding hydrogens is 366 g/mol. The summed E-state index contributed by atoms with van der Waals surface area (Å²) in [6.45, 7) is 3.19. The van der Waals surface area contributed by atoms with Gasteiger partial charge in [-0.15, -0.1) is 0 Å². The van der Waals surface area contributed by atoms with Crippen molar-refractivity contribution in [1.82, 2.24) is 4.90 Å². The summed E-state index contributed by atoms with van der Waals surface area (Å²) in [6.07, 6.45) is 0.628. The molecule has 1 atom stereocenters. The Morgan fingerprint density at radius 2 is 2.11 bits per heavy atom. The van der Waals surface area contributed by atoms with Gasteiger partial charge in [0.2, 0.25) is 5.91 Å². The molecule has 1 aliphatic rings. The predicted octanol–water partition coefficient (Wildman–Crippen LogP) is 3.70. The first-order valence-electron chi connectivity index (χ1n) is 8.89. The first kappa shape index (κ1) is 19.2. The van der Waals surface area contributed by atoms with Crippen LogP contribution in [0.5, 0.6) is 5.75 Å². The van der Waals surface area contributed by atoms with Gasteiger partial charge in [0.15, 0.2) is 0 Å². The lowest BCUT2D eigenvalue weighted by molar-refractivity contribution is -0.141. The van der Waals surface area contributed by atoms with Crippen molar-refractivity contribution in [3.05, 3.63) is 64.2 Å². The fraction of sp³-hybridized carbons (Fsp3) is 0.333. The number of hydrogen-bond donors (Lipinski definition) is 1. The molecule has 142 valence electrons. The molecule has 27 heavy (non-hydrogen) atoms. The van der Waals surface area contributed by atoms with Crippen LogP contribution in [0.25, 0.3) is 0 Å². The van der Waals surface area contributed by atoms with Gasteiger partial charge < -0.3 is 14.7 Å². The number of halogens is 1. The van der Waals surface area contributed by atoms with Gasteiger partial charge in [0.25, 0.3) is 0 Å². The van der Waals surface area contributed by atoms with Crippen LogP contribution in [0.2, 0.25) is 5.02 Å². The number of likely N-dealkylation sites (tertiary alicyclic amines) is 1. The van der Waals surface area contributed by atoms with E-state index < -0.39 is 11.9 Å². The highest BCUT2D eigenvalue weighted by Gasteiger charge is 2.33. The average molecular weight is 388 g/mol. The Kier molecular flexibility index (Phi) is 6.01. The smallest absolute Gasteiger partial charge is 0.308 e. The van der Waals surface area contributed by atoms with Crippen LogP contribution in [-0.2, 0) is 22.6 Å². The average Bonchev–Trinajstić information content (AvgIpc) is 3.00. The number of ether oxygens (including phenoxy) is 1. The molecule has 0 bridgehead atoms. The Hall–Kier alpha value is -2.53. The van der Waals surface area contributed by atoms with Crippen LogP contribution in [0.1, 0.15) is 23.1 Å². The largest absolute Gasteiger partial charge is 0.489 e. The zero-order chi connectivity index (χ0) is 19.4. The van der Waals surface area contributed by atoms with E-state index in [1.165, 1.54) is 5.56 Å². The molecule has 0 aliphatic carbocycles. The van der Waals surface area contributed by atoms with Crippen molar-refractivity contribution in [2.45, 2.75) is 26.4 Å². The van der Waals surface area contributed by atoms with Crippen LogP contribution in [0.3, 0.4) is 0 Å². The summed E-state index contributed by atoms with van der Waals surface area (Å²) in [5, 5.41) is 9.70. The molecule has 1 amide bonds. The SMILES string of the molecule is Cc1cccc(COc2ccc(Cl)cc2CCN2CC(C(=O)O)CC2=O)c1. The molecule has 1 fully saturated rings. The topological polar surface area (TPSA) is 66.8 Å². The van der Waals surface area contributed by atoms with Crippen molar-refractivity contribution in [2.24, 2.45) is 5.92 Å². The van der Waals surface area contributed by atoms with Gasteiger partial charge in [0, 0.05) is 24.5 Å². The highest BCUT2D eigenvalue weighted by molar-refractivity contribution is 6.30. The van der Waals surface area contributed by atoms with Gasteiger partial charge in [0.1, 0.15) is 12.4 Å². The second-order valence-electron chi connectivity index (χ2n) is 6.86. The van der Waals surface area contributed by atoms with E-state index in [4.69, 9.17) is 21.4 Å². The number of carbonyl (C=O) groups is 2. The Morgan fingerprint density at radius 3 is 2.81 bits per heavy atom. The van der Waals surface area contributed by atoms with Crippen LogP contribution in [0, 0.1) is 12.8 Å². The third-order valence-electron chi connectivity index (χ3n) is 4.71. The van der Waals surface area contributed by atoms with E-state index in [0.29, 0.717) is 24.6 Å². The van der Waals surface area contributed by atoms with Gasteiger partial charge >= 0.3 is 5.97 Å². The lowest BCUT2D eigenvalue weighted by atomic mass is 10.1. The van der Waals surface area contributed by atoms with Crippen molar-refractivity contribution in [1.29, 1.82) is 0 Å². The summed E-state index contributed by atoms with van der Waals surface area (Å²) in [4.78, 5) is 24.7. The van der Waals surface area contributed by atoms with Crippen LogP contribution >= 0.6 is 11.6 Å². The standard InChI is InChI=1S/C21H22ClNO4/c1-14-3-2-4-15(9-14)13-27-19-6-5-18(22)10-16(19)7-8-23-12-17(21(25)26)11-20(23)24/h2-6,9-10,17H,7-8,11-13H2,1H3,(H,25,26). The highest BCUT2D eigenvalue weighted by Crippen LogP contribution is 2.26. The van der Waals surface area contributed by atoms with Crippen molar-refractivity contribution in [3.63, 3.8) is 0 Å². The Balaban J connectivity index is 1.65. The van der Waals surface area contributed by atoms with E-state index in [2.05, 4.69) is 6.07 Å². The monoisotopic (exact) mass is 387 g/mol. The van der Waals surface area contributed by atoms with Gasteiger partial charge in [-0.25, -0.2) is 0 Å². The van der Waals surface area contributed by atoms with Crippen molar-refractivity contribution >= 4 is 23.5 Å². The fourth-order valence-electron chi connectivity index (χ4n) is 3.26. The van der Waals surface area contributed by atoms with E-state index in [0.717, 1.165) is 16.9 Å². The third kappa shape index (κ3) is 5.01. The van der Waals surface area contributed by atoms with E-state index in [1.807, 2.05) is 37.3 Å². The minimum absolute atomic E-state index is 0.0710. The number of aryl methyl sites for hydroxylation is 1. The fourth-order valence-corrected chi connectivity index (χ4v) is 3.45. The first-order valence-corrected chi connectivity index (χ1v) is 9.27. The molecule has 1 N–H and O–H groups in total. The molecule has 0 saturated carbocycles. The number of hydrogen-bond acceptors (Lipinski definition) is 3. The summed E-state index contributed by atoms with van der Waals surface area (Å²) in [7, 11) is 0. The summed E-state index contributed by atoms with van der Waals surface area (Å²) in [6, 6.07) is 13.6. The lowest BCUT2D eigenvalue weighted by Gasteiger charge is -2.18. The maximum absolute atomic E-state index is 12.0. The van der Waals surface area contributed by atoms with E-state index in [9.17, 15) is 9.59 Å². The molecule has 1 heterocycles. The molecule has 1 aliphatic heterocycles. The number of aliphatic carboxylic acids is 1. The van der Waals surface area contributed by atoms with Crippen LogP contribution in [-0.4, -0.2) is 35.0 Å². The van der Waals surface area contributed by atoms with Crippen molar-refractivity contribution < 1.29 is 19.4 Å². The number of carboxylic acid groups (broad SMARTS) is 1. The quantitative estimate of drug-likeness (QED) is 0.786. The number of rotatable bonds is 7. The highest BCUT2D eigenvalue weighted by atomic mass is 35.5. The zero-order valence-corrected chi connectivity index (χ0v) is 15.9. The molecule has 5 nitrogen and oxygen atoms in total. The molecule has 2 aromatic carbocycles. The van der Waals surface area contributed by atoms with Gasteiger partial charge in [-0.05, 0) is 42.7 Å². The van der Waals surface area contributed by atoms with E-state index in [-0.39, 0.29) is 18.9 Å². The minimum Gasteiger partial charge on any atom is -0.489 e. The second-order valence-corrected chi connectivity index (χ2v) is 7.30. The Labute approximate surface area is 163 Å². The molecule has 1 saturated heterocycles. The number of nitrogens with zero attached hydrogens (tertiary/aromatic N) is 1. The molecule has 6 heteroatoms. The summed E-state index contributed by atoms with van der Waals surface area (Å²) in [5.74, 6) is -0.932. The number of carbonyl (C=O) groups excluding carboxylic acids is 1. The minimum atomic E-state index is -0.921. The predicted molar refractivity (Wildman–Crippen MR) is 103 cm³/mol. The van der Waals surface area contributed by atoms with Gasteiger partial charge in [-0.1, -0.05) is 41.4 Å². The van der Waals surface area contributed by atoms with Crippen molar-refractivity contribution in [2.75, 3.05) is 13.1 Å². The van der Waals surface area contributed by atoms with Gasteiger partial charge in [-0.2, -0.15) is 0 Å². The van der Waals surface area contributed by atoms with Crippen molar-refractivity contribution in [3.8, 4) is 5.75 Å². The van der Waals surface area contributed by atoms with Gasteiger partial charge in [-0.3, -0.25) is 9.59 Å². The number of carboxylic acids is 1. The van der Waals surface area contributed by atoms with Gasteiger partial charge in [0.05, 0.1) is 5.92 Å². The second kappa shape index (κ2) is 8.44. The molecule has 1 unspecified atom stereocenters. The first-order chi connectivity index (χ1) is 12.9. The van der Waals surface area contributed by atoms with E-state index in [1.54, 1.807) is 11.0 Å². The molecular formula is C21H22ClNO4. The Morgan fingerprint density at radius 1 is 1.30 bits per heavy atom. The molecule has 0 radical (unpaired) electrons. The third-order valence-corrected chi connectivity index (χ3v) is 4.95. The lowest BCUT2D eigenvalue weighted by Crippen LogP contribution is -2.28. The zero-order valence-electron chi connectivity index (χ0n) is 15.2. The molecule has 2 aromatic rings. The summed E-state index contributed by atoms with van der Waals surface area (Å²) in [5.41, 5.74) is 3.16. The maximum atomic E-state index is 12.0. The van der Waals surface area contributed by atoms with E-state index >= 15 is 0 Å². The molecule has 0 spiro atoms. The normalized spacial score (nSPS) is 16.6. The number of amides is 1. The molecule has 3 rings (SSSR count).